The van der Waals surface area contributed by atoms with Crippen LogP contribution in [0.25, 0.3) is 0 Å². The highest BCUT2D eigenvalue weighted by atomic mass is 79.9. The van der Waals surface area contributed by atoms with Gasteiger partial charge in [-0.1, -0.05) is 0 Å². The molecule has 0 aliphatic carbocycles. The van der Waals surface area contributed by atoms with Gasteiger partial charge in [0, 0.05) is 22.9 Å². The minimum Gasteiger partial charge on any atom is -0.378 e. The summed E-state index contributed by atoms with van der Waals surface area (Å²) in [7, 11) is 0. The second-order valence-corrected chi connectivity index (χ2v) is 4.65. The van der Waals surface area contributed by atoms with Crippen molar-refractivity contribution in [3.05, 3.63) is 46.2 Å². The summed E-state index contributed by atoms with van der Waals surface area (Å²) in [5, 5.41) is 16.3. The minimum absolute atomic E-state index is 0.644. The van der Waals surface area contributed by atoms with Crippen LogP contribution in [0.15, 0.2) is 34.9 Å². The average molecular weight is 305 g/mol. The number of aromatic nitrogens is 2. The Morgan fingerprint density at radius 3 is 2.94 bits per heavy atom. The van der Waals surface area contributed by atoms with E-state index in [-0.39, 0.29) is 0 Å². The second-order valence-electron chi connectivity index (χ2n) is 3.80. The van der Waals surface area contributed by atoms with Gasteiger partial charge < -0.3 is 5.32 Å². The van der Waals surface area contributed by atoms with Crippen LogP contribution in [0, 0.1) is 11.3 Å². The molecule has 0 aliphatic heterocycles. The van der Waals surface area contributed by atoms with E-state index in [0.29, 0.717) is 12.1 Å². The third-order valence-electron chi connectivity index (χ3n) is 2.66. The van der Waals surface area contributed by atoms with Crippen LogP contribution in [-0.4, -0.2) is 9.78 Å². The zero-order valence-electron chi connectivity index (χ0n) is 10.0. The number of rotatable bonds is 4. The molecule has 1 aromatic carbocycles. The van der Waals surface area contributed by atoms with Crippen LogP contribution in [-0.2, 0) is 13.1 Å². The zero-order valence-corrected chi connectivity index (χ0v) is 11.6. The third-order valence-corrected chi connectivity index (χ3v) is 3.32. The van der Waals surface area contributed by atoms with E-state index >= 15 is 0 Å². The molecule has 4 nitrogen and oxygen atoms in total. The molecule has 1 N–H and O–H groups in total. The lowest BCUT2D eigenvalue weighted by molar-refractivity contribution is 0.627. The Balaban J connectivity index is 2.09. The Kier molecular flexibility index (Phi) is 4.00. The van der Waals surface area contributed by atoms with Gasteiger partial charge >= 0.3 is 0 Å². The van der Waals surface area contributed by atoms with E-state index in [1.807, 2.05) is 16.8 Å². The van der Waals surface area contributed by atoms with Crippen molar-refractivity contribution in [1.29, 1.82) is 5.26 Å². The van der Waals surface area contributed by atoms with Crippen LogP contribution in [0.3, 0.4) is 0 Å². The molecule has 0 amide bonds. The van der Waals surface area contributed by atoms with Gasteiger partial charge in [-0.15, -0.1) is 0 Å². The monoisotopic (exact) mass is 304 g/mol. The smallest absolute Gasteiger partial charge is 0.0992 e. The molecular formula is C13H13BrN4. The summed E-state index contributed by atoms with van der Waals surface area (Å²) in [5.41, 5.74) is 2.75. The lowest BCUT2D eigenvalue weighted by Crippen LogP contribution is -2.08. The number of hydrogen-bond acceptors (Lipinski definition) is 3. The number of anilines is 1. The Labute approximate surface area is 114 Å². The predicted octanol–water partition coefficient (Wildman–Crippen LogP) is 3.15. The maximum absolute atomic E-state index is 8.80. The summed E-state index contributed by atoms with van der Waals surface area (Å²) in [5.74, 6) is 0. The topological polar surface area (TPSA) is 53.6 Å². The molecule has 0 unspecified atom stereocenters. The quantitative estimate of drug-likeness (QED) is 0.944. The first kappa shape index (κ1) is 12.7. The first-order chi connectivity index (χ1) is 8.74. The molecule has 0 spiro atoms. The number of halogens is 1. The highest BCUT2D eigenvalue weighted by Gasteiger charge is 2.03. The Morgan fingerprint density at radius 2 is 2.28 bits per heavy atom. The predicted molar refractivity (Wildman–Crippen MR) is 74.1 cm³/mol. The van der Waals surface area contributed by atoms with Crippen molar-refractivity contribution in [3.63, 3.8) is 0 Å². The number of nitriles is 1. The normalized spacial score (nSPS) is 10.1. The van der Waals surface area contributed by atoms with E-state index < -0.39 is 0 Å². The van der Waals surface area contributed by atoms with Crippen LogP contribution in [0.5, 0.6) is 0 Å². The molecule has 0 aliphatic rings. The van der Waals surface area contributed by atoms with E-state index in [9.17, 15) is 0 Å². The third kappa shape index (κ3) is 2.71. The molecule has 0 fully saturated rings. The van der Waals surface area contributed by atoms with Crippen molar-refractivity contribution >= 4 is 21.6 Å². The Bertz CT molecular complexity index is 583. The molecular weight excluding hydrogens is 292 g/mol. The lowest BCUT2D eigenvalue weighted by atomic mass is 10.2. The van der Waals surface area contributed by atoms with Gasteiger partial charge in [0.15, 0.2) is 0 Å². The van der Waals surface area contributed by atoms with Crippen LogP contribution in [0.2, 0.25) is 0 Å². The maximum atomic E-state index is 8.80. The Hall–Kier alpha value is -1.80. The van der Waals surface area contributed by atoms with Gasteiger partial charge in [0.1, 0.15) is 0 Å². The summed E-state index contributed by atoms with van der Waals surface area (Å²) in [6, 6.07) is 9.60. The van der Waals surface area contributed by atoms with E-state index in [0.717, 1.165) is 22.4 Å². The Morgan fingerprint density at radius 1 is 1.44 bits per heavy atom. The lowest BCUT2D eigenvalue weighted by Gasteiger charge is -2.09. The fourth-order valence-corrected chi connectivity index (χ4v) is 2.23. The molecule has 0 bridgehead atoms. The van der Waals surface area contributed by atoms with Gasteiger partial charge in [0.2, 0.25) is 0 Å². The second kappa shape index (κ2) is 5.69. The van der Waals surface area contributed by atoms with Gasteiger partial charge in [0.25, 0.3) is 0 Å². The standard InChI is InChI=1S/C13H13BrN4/c1-2-18-11(5-6-17-18)9-16-13-4-3-10(8-15)7-12(13)14/h3-7,16H,2,9H2,1H3. The van der Waals surface area contributed by atoms with Gasteiger partial charge in [-0.25, -0.2) is 0 Å². The van der Waals surface area contributed by atoms with E-state index in [1.165, 1.54) is 0 Å². The summed E-state index contributed by atoms with van der Waals surface area (Å²) < 4.78 is 2.84. The molecule has 5 heteroatoms. The first-order valence-electron chi connectivity index (χ1n) is 5.68. The highest BCUT2D eigenvalue weighted by molar-refractivity contribution is 9.10. The molecule has 1 aromatic heterocycles. The van der Waals surface area contributed by atoms with Gasteiger partial charge in [-0.3, -0.25) is 4.68 Å². The minimum atomic E-state index is 0.644. The fraction of sp³-hybridized carbons (Fsp3) is 0.231. The number of nitrogens with zero attached hydrogens (tertiary/aromatic N) is 3. The summed E-state index contributed by atoms with van der Waals surface area (Å²) in [6.07, 6.45) is 1.80. The van der Waals surface area contributed by atoms with Crippen molar-refractivity contribution in [2.75, 3.05) is 5.32 Å². The van der Waals surface area contributed by atoms with Crippen molar-refractivity contribution in [2.45, 2.75) is 20.0 Å². The molecule has 18 heavy (non-hydrogen) atoms. The molecule has 1 heterocycles. The van der Waals surface area contributed by atoms with E-state index in [4.69, 9.17) is 5.26 Å². The van der Waals surface area contributed by atoms with Crippen LogP contribution >= 0.6 is 15.9 Å². The molecule has 0 saturated heterocycles. The van der Waals surface area contributed by atoms with Crippen molar-refractivity contribution < 1.29 is 0 Å². The van der Waals surface area contributed by atoms with Crippen LogP contribution < -0.4 is 5.32 Å². The van der Waals surface area contributed by atoms with Crippen molar-refractivity contribution in [2.24, 2.45) is 0 Å². The molecule has 92 valence electrons. The zero-order chi connectivity index (χ0) is 13.0. The van der Waals surface area contributed by atoms with E-state index in [1.54, 1.807) is 18.3 Å². The molecule has 2 rings (SSSR count). The largest absolute Gasteiger partial charge is 0.378 e. The van der Waals surface area contributed by atoms with Gasteiger partial charge in [0.05, 0.1) is 23.9 Å². The SMILES string of the molecule is CCn1nccc1CNc1ccc(C#N)cc1Br. The summed E-state index contributed by atoms with van der Waals surface area (Å²) in [6.45, 7) is 3.63. The van der Waals surface area contributed by atoms with Gasteiger partial charge in [-0.2, -0.15) is 10.4 Å². The molecule has 0 radical (unpaired) electrons. The molecule has 0 saturated carbocycles. The highest BCUT2D eigenvalue weighted by Crippen LogP contribution is 2.23. The van der Waals surface area contributed by atoms with E-state index in [2.05, 4.69) is 39.3 Å². The first-order valence-corrected chi connectivity index (χ1v) is 6.48. The fourth-order valence-electron chi connectivity index (χ4n) is 1.71. The summed E-state index contributed by atoms with van der Waals surface area (Å²) >= 11 is 3.45. The average Bonchev–Trinajstić information content (AvgIpc) is 2.84. The van der Waals surface area contributed by atoms with Crippen molar-refractivity contribution in [3.8, 4) is 6.07 Å². The number of aryl methyl sites for hydroxylation is 1. The number of nitrogens with one attached hydrogen (secondary N) is 1. The van der Waals surface area contributed by atoms with Crippen LogP contribution in [0.1, 0.15) is 18.2 Å². The maximum Gasteiger partial charge on any atom is 0.0992 e. The number of benzene rings is 1. The van der Waals surface area contributed by atoms with Crippen molar-refractivity contribution in [1.82, 2.24) is 9.78 Å². The molecule has 0 atom stereocenters. The molecule has 2 aromatic rings. The summed E-state index contributed by atoms with van der Waals surface area (Å²) in [4.78, 5) is 0. The van der Waals surface area contributed by atoms with Gasteiger partial charge in [-0.05, 0) is 47.1 Å². The number of hydrogen-bond donors (Lipinski definition) is 1. The van der Waals surface area contributed by atoms with Crippen LogP contribution in [0.4, 0.5) is 5.69 Å².